The number of nitrogens with zero attached hydrogens (tertiary/aromatic N) is 7. The van der Waals surface area contributed by atoms with E-state index in [1.54, 1.807) is 21.6 Å². The average molecular weight is 498 g/mol. The van der Waals surface area contributed by atoms with Crippen molar-refractivity contribution in [2.45, 2.75) is 25.5 Å². The van der Waals surface area contributed by atoms with Crippen molar-refractivity contribution in [3.63, 3.8) is 0 Å². The Labute approximate surface area is 212 Å². The molecule has 5 heterocycles. The molecule has 0 atom stereocenters. The highest BCUT2D eigenvalue weighted by atomic mass is 16.5. The molecule has 2 N–H and O–H groups in total. The lowest BCUT2D eigenvalue weighted by atomic mass is 10.1. The number of allylic oxidation sites excluding steroid dienone is 1. The Morgan fingerprint density at radius 2 is 2.05 bits per heavy atom. The summed E-state index contributed by atoms with van der Waals surface area (Å²) < 4.78 is 11.2. The topological polar surface area (TPSA) is 117 Å². The van der Waals surface area contributed by atoms with Gasteiger partial charge in [0.05, 0.1) is 18.3 Å². The lowest BCUT2D eigenvalue weighted by Gasteiger charge is -2.23. The summed E-state index contributed by atoms with van der Waals surface area (Å²) >= 11 is 0. The van der Waals surface area contributed by atoms with Gasteiger partial charge < -0.3 is 15.4 Å². The van der Waals surface area contributed by atoms with Gasteiger partial charge in [0, 0.05) is 30.4 Å². The Morgan fingerprint density at radius 3 is 2.89 bits per heavy atom. The molecule has 0 radical (unpaired) electrons. The Balaban J connectivity index is 1.40. The summed E-state index contributed by atoms with van der Waals surface area (Å²) in [6.07, 6.45) is 6.98. The van der Waals surface area contributed by atoms with Gasteiger partial charge in [-0.3, -0.25) is 9.48 Å². The zero-order valence-corrected chi connectivity index (χ0v) is 20.5. The molecule has 188 valence electrons. The minimum atomic E-state index is -0.218. The van der Waals surface area contributed by atoms with Crippen molar-refractivity contribution in [1.82, 2.24) is 39.4 Å². The summed E-state index contributed by atoms with van der Waals surface area (Å²) in [6.45, 7) is 5.95. The standard InChI is InChI=1S/C26H27N9O2/c1-3-13-34-25(36)20-16-28-26(30-18-8-7-17-15-29-33(2)21(17)14-18)32-24(20)35(34)22-5-4-6-23(31-22)37-19-9-11-27-12-10-19/h3-8,14-16,19,27H,1,9-13H2,2H3,(H,28,30,32). The zero-order valence-electron chi connectivity index (χ0n) is 20.5. The SMILES string of the molecule is C=CCn1c(=O)c2cnc(Nc3ccc4cnn(C)c4c3)nc2n1-c1cccc(OC2CCNCC2)n1. The third-order valence-corrected chi connectivity index (χ3v) is 6.48. The number of pyridine rings is 1. The number of hydrogen-bond acceptors (Lipinski definition) is 8. The minimum Gasteiger partial charge on any atom is -0.474 e. The van der Waals surface area contributed by atoms with E-state index in [0.29, 0.717) is 28.7 Å². The number of ether oxygens (including phenoxy) is 1. The van der Waals surface area contributed by atoms with Crippen molar-refractivity contribution < 1.29 is 4.74 Å². The van der Waals surface area contributed by atoms with Gasteiger partial charge in [-0.1, -0.05) is 12.1 Å². The molecule has 1 saturated heterocycles. The highest BCUT2D eigenvalue weighted by Crippen LogP contribution is 2.23. The van der Waals surface area contributed by atoms with Crippen molar-refractivity contribution in [3.05, 3.63) is 71.8 Å². The fourth-order valence-corrected chi connectivity index (χ4v) is 4.63. The molecule has 1 aromatic carbocycles. The van der Waals surface area contributed by atoms with E-state index < -0.39 is 0 Å². The predicted octanol–water partition coefficient (Wildman–Crippen LogP) is 2.92. The molecule has 11 nitrogen and oxygen atoms in total. The first kappa shape index (κ1) is 22.9. The van der Waals surface area contributed by atoms with Crippen LogP contribution in [0.4, 0.5) is 11.6 Å². The van der Waals surface area contributed by atoms with Gasteiger partial charge in [-0.2, -0.15) is 15.1 Å². The van der Waals surface area contributed by atoms with Gasteiger partial charge in [-0.05, 0) is 50.2 Å². The molecule has 1 aliphatic heterocycles. The first-order valence-electron chi connectivity index (χ1n) is 12.2. The number of piperidine rings is 1. The Morgan fingerprint density at radius 1 is 1.19 bits per heavy atom. The van der Waals surface area contributed by atoms with Crippen molar-refractivity contribution in [2.75, 3.05) is 18.4 Å². The normalized spacial score (nSPS) is 14.3. The molecule has 37 heavy (non-hydrogen) atoms. The molecule has 0 aliphatic carbocycles. The molecular formula is C26H27N9O2. The van der Waals surface area contributed by atoms with Gasteiger partial charge >= 0.3 is 0 Å². The Hall–Kier alpha value is -4.51. The lowest BCUT2D eigenvalue weighted by molar-refractivity contribution is 0.156. The Bertz CT molecular complexity index is 1660. The minimum absolute atomic E-state index is 0.107. The number of benzene rings is 1. The van der Waals surface area contributed by atoms with E-state index in [0.717, 1.165) is 42.5 Å². The van der Waals surface area contributed by atoms with Crippen LogP contribution in [0.5, 0.6) is 5.88 Å². The zero-order chi connectivity index (χ0) is 25.4. The fraction of sp³-hybridized carbons (Fsp3) is 0.269. The van der Waals surface area contributed by atoms with E-state index in [1.165, 1.54) is 0 Å². The molecule has 0 saturated carbocycles. The molecular weight excluding hydrogens is 470 g/mol. The van der Waals surface area contributed by atoms with Gasteiger partial charge in [0.15, 0.2) is 11.5 Å². The van der Waals surface area contributed by atoms with Crippen LogP contribution in [0.1, 0.15) is 12.8 Å². The number of aromatic nitrogens is 7. The molecule has 1 fully saturated rings. The molecule has 5 aromatic rings. The quantitative estimate of drug-likeness (QED) is 0.330. The maximum Gasteiger partial charge on any atom is 0.278 e. The highest BCUT2D eigenvalue weighted by Gasteiger charge is 2.20. The molecule has 0 amide bonds. The second-order valence-electron chi connectivity index (χ2n) is 8.99. The van der Waals surface area contributed by atoms with Gasteiger partial charge in [0.25, 0.3) is 5.56 Å². The van der Waals surface area contributed by atoms with Crippen LogP contribution in [-0.2, 0) is 13.6 Å². The first-order chi connectivity index (χ1) is 18.1. The van der Waals surface area contributed by atoms with Crippen LogP contribution >= 0.6 is 0 Å². The molecule has 11 heteroatoms. The van der Waals surface area contributed by atoms with Gasteiger partial charge in [0.2, 0.25) is 11.8 Å². The van der Waals surface area contributed by atoms with Crippen LogP contribution in [0, 0.1) is 0 Å². The fourth-order valence-electron chi connectivity index (χ4n) is 4.63. The third kappa shape index (κ3) is 4.33. The van der Waals surface area contributed by atoms with Crippen LogP contribution < -0.4 is 20.9 Å². The number of nitrogens with one attached hydrogen (secondary N) is 2. The molecule has 0 unspecified atom stereocenters. The van der Waals surface area contributed by atoms with E-state index in [2.05, 4.69) is 27.3 Å². The van der Waals surface area contributed by atoms with Crippen LogP contribution in [0.25, 0.3) is 27.8 Å². The summed E-state index contributed by atoms with van der Waals surface area (Å²) in [4.78, 5) is 27.1. The molecule has 4 aromatic heterocycles. The van der Waals surface area contributed by atoms with Crippen molar-refractivity contribution in [1.29, 1.82) is 0 Å². The first-order valence-corrected chi connectivity index (χ1v) is 12.2. The second-order valence-corrected chi connectivity index (χ2v) is 8.99. The molecule has 0 bridgehead atoms. The predicted molar refractivity (Wildman–Crippen MR) is 142 cm³/mol. The van der Waals surface area contributed by atoms with Crippen LogP contribution in [-0.4, -0.2) is 53.3 Å². The maximum absolute atomic E-state index is 13.3. The lowest BCUT2D eigenvalue weighted by Crippen LogP contribution is -2.34. The summed E-state index contributed by atoms with van der Waals surface area (Å²) in [7, 11) is 1.89. The van der Waals surface area contributed by atoms with E-state index in [1.807, 2.05) is 54.3 Å². The van der Waals surface area contributed by atoms with Crippen LogP contribution in [0.15, 0.2) is 66.2 Å². The maximum atomic E-state index is 13.3. The van der Waals surface area contributed by atoms with Crippen molar-refractivity contribution in [2.24, 2.45) is 7.05 Å². The number of fused-ring (bicyclic) bond motifs is 2. The van der Waals surface area contributed by atoms with E-state index in [9.17, 15) is 4.79 Å². The van der Waals surface area contributed by atoms with E-state index >= 15 is 0 Å². The third-order valence-electron chi connectivity index (χ3n) is 6.48. The van der Waals surface area contributed by atoms with Gasteiger partial charge in [0.1, 0.15) is 11.5 Å². The smallest absolute Gasteiger partial charge is 0.278 e. The van der Waals surface area contributed by atoms with Crippen molar-refractivity contribution >= 4 is 33.6 Å². The van der Waals surface area contributed by atoms with Crippen LogP contribution in [0.2, 0.25) is 0 Å². The molecule has 6 rings (SSSR count). The monoisotopic (exact) mass is 497 g/mol. The van der Waals surface area contributed by atoms with E-state index in [-0.39, 0.29) is 18.2 Å². The van der Waals surface area contributed by atoms with Crippen molar-refractivity contribution in [3.8, 4) is 11.7 Å². The van der Waals surface area contributed by atoms with Gasteiger partial charge in [-0.15, -0.1) is 6.58 Å². The number of anilines is 2. The second kappa shape index (κ2) is 9.51. The van der Waals surface area contributed by atoms with Crippen LogP contribution in [0.3, 0.4) is 0 Å². The number of rotatable bonds is 7. The summed E-state index contributed by atoms with van der Waals surface area (Å²) in [5.74, 6) is 1.41. The molecule has 0 spiro atoms. The van der Waals surface area contributed by atoms with E-state index in [4.69, 9.17) is 14.7 Å². The average Bonchev–Trinajstić information content (AvgIpc) is 3.41. The summed E-state index contributed by atoms with van der Waals surface area (Å²) in [5, 5.41) is 12.3. The largest absolute Gasteiger partial charge is 0.474 e. The number of aryl methyl sites for hydroxylation is 1. The Kier molecular flexibility index (Phi) is 5.89. The van der Waals surface area contributed by atoms with Gasteiger partial charge in [-0.25, -0.2) is 14.3 Å². The summed E-state index contributed by atoms with van der Waals surface area (Å²) in [5.41, 5.74) is 2.02. The molecule has 1 aliphatic rings. The summed E-state index contributed by atoms with van der Waals surface area (Å²) in [6, 6.07) is 11.4. The number of hydrogen-bond donors (Lipinski definition) is 2. The highest BCUT2D eigenvalue weighted by molar-refractivity contribution is 5.83.